The summed E-state index contributed by atoms with van der Waals surface area (Å²) in [6.07, 6.45) is 25.5. The molecule has 0 aromatic heterocycles. The molecule has 0 radical (unpaired) electrons. The molecule has 1 atom stereocenters. The molecule has 0 heterocycles. The Morgan fingerprint density at radius 3 is 1.89 bits per heavy atom. The third-order valence-electron chi connectivity index (χ3n) is 5.98. The summed E-state index contributed by atoms with van der Waals surface area (Å²) in [7, 11) is 0. The lowest BCUT2D eigenvalue weighted by Crippen LogP contribution is -2.24. The van der Waals surface area contributed by atoms with E-state index in [9.17, 15) is 4.79 Å². The third kappa shape index (κ3) is 15.1. The lowest BCUT2D eigenvalue weighted by molar-refractivity contribution is -0.137. The molecule has 1 saturated carbocycles. The molecule has 1 aliphatic rings. The summed E-state index contributed by atoms with van der Waals surface area (Å²) in [5.74, 6) is -0.661. The van der Waals surface area contributed by atoms with Gasteiger partial charge in [0.1, 0.15) is 0 Å². The van der Waals surface area contributed by atoms with E-state index in [0.717, 1.165) is 12.8 Å². The number of carboxylic acids is 1. The highest BCUT2D eigenvalue weighted by molar-refractivity contribution is 5.66. The Hall–Kier alpha value is -0.570. The van der Waals surface area contributed by atoms with Gasteiger partial charge in [0.15, 0.2) is 0 Å². The van der Waals surface area contributed by atoms with Crippen LogP contribution in [0.3, 0.4) is 0 Å². The van der Waals surface area contributed by atoms with Crippen molar-refractivity contribution in [2.45, 2.75) is 148 Å². The fourth-order valence-electron chi connectivity index (χ4n) is 4.26. The Labute approximate surface area is 168 Å². The minimum atomic E-state index is -0.661. The number of carbonyl (C=O) groups is 1. The quantitative estimate of drug-likeness (QED) is 0.247. The van der Waals surface area contributed by atoms with E-state index in [2.05, 4.69) is 6.92 Å². The first-order valence-corrected chi connectivity index (χ1v) is 12.1. The van der Waals surface area contributed by atoms with Crippen LogP contribution in [0.15, 0.2) is 0 Å². The van der Waals surface area contributed by atoms with Crippen LogP contribution in [0.2, 0.25) is 0 Å². The summed E-state index contributed by atoms with van der Waals surface area (Å²) >= 11 is 0. The van der Waals surface area contributed by atoms with Crippen LogP contribution in [0.1, 0.15) is 135 Å². The third-order valence-corrected chi connectivity index (χ3v) is 5.98. The molecular weight excluding hydrogens is 336 g/mol. The van der Waals surface area contributed by atoms with Gasteiger partial charge >= 0.3 is 5.97 Å². The van der Waals surface area contributed by atoms with Crippen LogP contribution < -0.4 is 0 Å². The van der Waals surface area contributed by atoms with E-state index >= 15 is 0 Å². The minimum Gasteiger partial charge on any atom is -0.481 e. The fraction of sp³-hybridized carbons (Fsp3) is 0.958. The molecule has 0 amide bonds. The van der Waals surface area contributed by atoms with E-state index in [1.54, 1.807) is 0 Å². The van der Waals surface area contributed by atoms with Gasteiger partial charge in [0.25, 0.3) is 0 Å². The first-order valence-electron chi connectivity index (χ1n) is 12.1. The molecule has 0 bridgehead atoms. The lowest BCUT2D eigenvalue weighted by Gasteiger charge is -2.28. The van der Waals surface area contributed by atoms with Crippen LogP contribution in [0, 0.1) is 0 Å². The zero-order valence-electron chi connectivity index (χ0n) is 18.1. The predicted octanol–water partition coefficient (Wildman–Crippen LogP) is 7.66. The predicted molar refractivity (Wildman–Crippen MR) is 114 cm³/mol. The van der Waals surface area contributed by atoms with E-state index in [1.807, 2.05) is 0 Å². The van der Waals surface area contributed by atoms with E-state index in [-0.39, 0.29) is 0 Å². The number of ether oxygens (including phenoxy) is 1. The van der Waals surface area contributed by atoms with Crippen molar-refractivity contribution in [2.24, 2.45) is 0 Å². The maximum absolute atomic E-state index is 10.5. The van der Waals surface area contributed by atoms with Crippen molar-refractivity contribution in [2.75, 3.05) is 0 Å². The second-order valence-electron chi connectivity index (χ2n) is 8.63. The van der Waals surface area contributed by atoms with Crippen LogP contribution in [0.25, 0.3) is 0 Å². The van der Waals surface area contributed by atoms with Crippen molar-refractivity contribution in [3.63, 3.8) is 0 Å². The smallest absolute Gasteiger partial charge is 0.303 e. The molecule has 0 saturated heterocycles. The minimum absolute atomic E-state index is 0.325. The van der Waals surface area contributed by atoms with Crippen molar-refractivity contribution in [3.05, 3.63) is 0 Å². The fourth-order valence-corrected chi connectivity index (χ4v) is 4.26. The number of hydrogen-bond donors (Lipinski definition) is 1. The molecule has 1 aliphatic carbocycles. The van der Waals surface area contributed by atoms with Crippen LogP contribution >= 0.6 is 0 Å². The maximum Gasteiger partial charge on any atom is 0.303 e. The van der Waals surface area contributed by atoms with Gasteiger partial charge in [0, 0.05) is 6.42 Å². The summed E-state index contributed by atoms with van der Waals surface area (Å²) in [5, 5.41) is 8.69. The van der Waals surface area contributed by atoms with Gasteiger partial charge in [-0.15, -0.1) is 0 Å². The largest absolute Gasteiger partial charge is 0.481 e. The van der Waals surface area contributed by atoms with Gasteiger partial charge in [-0.25, -0.2) is 0 Å². The Balaban J connectivity index is 2.15. The topological polar surface area (TPSA) is 46.5 Å². The average Bonchev–Trinajstić information content (AvgIpc) is 2.66. The molecule has 0 aromatic carbocycles. The summed E-state index contributed by atoms with van der Waals surface area (Å²) in [4.78, 5) is 10.5. The van der Waals surface area contributed by atoms with Crippen molar-refractivity contribution in [3.8, 4) is 0 Å². The molecule has 160 valence electrons. The molecule has 1 N–H and O–H groups in total. The van der Waals surface area contributed by atoms with Gasteiger partial charge in [-0.05, 0) is 32.1 Å². The summed E-state index contributed by atoms with van der Waals surface area (Å²) in [5.41, 5.74) is 0. The van der Waals surface area contributed by atoms with Gasteiger partial charge in [-0.2, -0.15) is 0 Å². The summed E-state index contributed by atoms with van der Waals surface area (Å²) in [6.45, 7) is 2.28. The van der Waals surface area contributed by atoms with Crippen LogP contribution in [0.5, 0.6) is 0 Å². The van der Waals surface area contributed by atoms with Crippen molar-refractivity contribution in [1.29, 1.82) is 0 Å². The average molecular weight is 383 g/mol. The number of aliphatic carboxylic acids is 1. The molecule has 0 aliphatic heterocycles. The highest BCUT2D eigenvalue weighted by Gasteiger charge is 2.18. The van der Waals surface area contributed by atoms with Gasteiger partial charge in [0.05, 0.1) is 12.2 Å². The Morgan fingerprint density at radius 1 is 0.815 bits per heavy atom. The molecule has 27 heavy (non-hydrogen) atoms. The van der Waals surface area contributed by atoms with E-state index < -0.39 is 5.97 Å². The second kappa shape index (κ2) is 17.5. The maximum atomic E-state index is 10.5. The molecule has 3 heteroatoms. The van der Waals surface area contributed by atoms with Gasteiger partial charge in [0.2, 0.25) is 0 Å². The van der Waals surface area contributed by atoms with Gasteiger partial charge in [-0.3, -0.25) is 4.79 Å². The highest BCUT2D eigenvalue weighted by Crippen LogP contribution is 2.25. The van der Waals surface area contributed by atoms with Crippen molar-refractivity contribution >= 4 is 5.97 Å². The SMILES string of the molecule is CCCCCCCCCC(CCCCCCCC(=O)O)OC1CCCCC1. The van der Waals surface area contributed by atoms with Crippen molar-refractivity contribution < 1.29 is 14.6 Å². The van der Waals surface area contributed by atoms with Gasteiger partial charge < -0.3 is 9.84 Å². The lowest BCUT2D eigenvalue weighted by atomic mass is 9.96. The van der Waals surface area contributed by atoms with Gasteiger partial charge in [-0.1, -0.05) is 96.8 Å². The number of unbranched alkanes of at least 4 members (excludes halogenated alkanes) is 10. The normalized spacial score (nSPS) is 16.5. The zero-order chi connectivity index (χ0) is 19.6. The highest BCUT2D eigenvalue weighted by atomic mass is 16.5. The molecule has 1 rings (SSSR count). The first kappa shape index (κ1) is 24.5. The second-order valence-corrected chi connectivity index (χ2v) is 8.63. The number of carboxylic acid groups (broad SMARTS) is 1. The van der Waals surface area contributed by atoms with Crippen LogP contribution in [-0.2, 0) is 9.53 Å². The molecule has 0 aromatic rings. The zero-order valence-corrected chi connectivity index (χ0v) is 18.1. The number of hydrogen-bond acceptors (Lipinski definition) is 2. The Kier molecular flexibility index (Phi) is 15.9. The van der Waals surface area contributed by atoms with Crippen LogP contribution in [-0.4, -0.2) is 23.3 Å². The molecule has 1 unspecified atom stereocenters. The molecule has 0 spiro atoms. The Morgan fingerprint density at radius 2 is 1.33 bits per heavy atom. The summed E-state index contributed by atoms with van der Waals surface area (Å²) in [6, 6.07) is 0. The monoisotopic (exact) mass is 382 g/mol. The van der Waals surface area contributed by atoms with E-state index in [1.165, 1.54) is 109 Å². The molecule has 1 fully saturated rings. The van der Waals surface area contributed by atoms with Crippen LogP contribution in [0.4, 0.5) is 0 Å². The number of rotatable bonds is 18. The molecular formula is C24H46O3. The van der Waals surface area contributed by atoms with E-state index in [4.69, 9.17) is 9.84 Å². The Bertz CT molecular complexity index is 337. The summed E-state index contributed by atoms with van der Waals surface area (Å²) < 4.78 is 6.52. The first-order chi connectivity index (χ1) is 13.2. The molecule has 3 nitrogen and oxygen atoms in total. The van der Waals surface area contributed by atoms with E-state index in [0.29, 0.717) is 18.6 Å². The standard InChI is InChI=1S/C24H46O3/c1-2-3-4-5-6-8-12-17-22(27-23-19-14-11-15-20-23)18-13-9-7-10-16-21-24(25)26/h22-23H,2-21H2,1H3,(H,25,26). The van der Waals surface area contributed by atoms with Crippen molar-refractivity contribution in [1.82, 2.24) is 0 Å².